The number of carbonyl (C=O) groups is 1. The Labute approximate surface area is 146 Å². The van der Waals surface area contributed by atoms with E-state index in [-0.39, 0.29) is 17.5 Å². The van der Waals surface area contributed by atoms with Gasteiger partial charge in [0.05, 0.1) is 11.9 Å². The zero-order valence-electron chi connectivity index (χ0n) is 14.4. The van der Waals surface area contributed by atoms with Gasteiger partial charge in [-0.2, -0.15) is 0 Å². The van der Waals surface area contributed by atoms with Crippen LogP contribution in [0.25, 0.3) is 0 Å². The van der Waals surface area contributed by atoms with Crippen LogP contribution in [0.3, 0.4) is 0 Å². The lowest BCUT2D eigenvalue weighted by atomic mass is 9.91. The number of rotatable bonds is 4. The van der Waals surface area contributed by atoms with Crippen molar-refractivity contribution < 1.29 is 4.79 Å². The first-order valence-electron chi connectivity index (χ1n) is 8.91. The number of hydrogen-bond donors (Lipinski definition) is 1. The molecule has 0 saturated heterocycles. The lowest BCUT2D eigenvalue weighted by Crippen LogP contribution is -2.41. The SMILES string of the molecule is Cc1cnc(C(=O)N[C@@H]2CCc3c(ccc(=O)n3CC3CC3)C2)cn1. The van der Waals surface area contributed by atoms with Crippen LogP contribution in [0.5, 0.6) is 0 Å². The zero-order valence-corrected chi connectivity index (χ0v) is 14.4. The molecule has 2 heterocycles. The minimum Gasteiger partial charge on any atom is -0.348 e. The van der Waals surface area contributed by atoms with E-state index in [2.05, 4.69) is 15.3 Å². The van der Waals surface area contributed by atoms with Crippen LogP contribution in [0, 0.1) is 12.8 Å². The van der Waals surface area contributed by atoms with Gasteiger partial charge in [0, 0.05) is 30.5 Å². The first-order valence-corrected chi connectivity index (χ1v) is 8.91. The van der Waals surface area contributed by atoms with E-state index in [4.69, 9.17) is 0 Å². The molecule has 25 heavy (non-hydrogen) atoms. The van der Waals surface area contributed by atoms with Crippen LogP contribution in [0.15, 0.2) is 29.3 Å². The van der Waals surface area contributed by atoms with E-state index in [1.807, 2.05) is 17.6 Å². The fraction of sp³-hybridized carbons (Fsp3) is 0.474. The number of nitrogens with one attached hydrogen (secondary N) is 1. The molecule has 0 bridgehead atoms. The molecule has 6 heteroatoms. The highest BCUT2D eigenvalue weighted by molar-refractivity contribution is 5.92. The second-order valence-electron chi connectivity index (χ2n) is 7.15. The van der Waals surface area contributed by atoms with Gasteiger partial charge in [0.1, 0.15) is 5.69 Å². The Balaban J connectivity index is 1.48. The van der Waals surface area contributed by atoms with Crippen molar-refractivity contribution in [1.29, 1.82) is 0 Å². The highest BCUT2D eigenvalue weighted by Crippen LogP contribution is 2.31. The molecule has 2 aromatic rings. The maximum absolute atomic E-state index is 12.3. The van der Waals surface area contributed by atoms with Crippen LogP contribution < -0.4 is 10.9 Å². The van der Waals surface area contributed by atoms with Gasteiger partial charge in [-0.3, -0.25) is 14.6 Å². The first-order chi connectivity index (χ1) is 12.1. The third kappa shape index (κ3) is 3.48. The number of nitrogens with zero attached hydrogens (tertiary/aromatic N) is 3. The number of aromatic nitrogens is 3. The Hall–Kier alpha value is -2.50. The van der Waals surface area contributed by atoms with Crippen molar-refractivity contribution in [2.45, 2.75) is 51.6 Å². The number of fused-ring (bicyclic) bond motifs is 1. The van der Waals surface area contributed by atoms with Crippen molar-refractivity contribution in [2.75, 3.05) is 0 Å². The summed E-state index contributed by atoms with van der Waals surface area (Å²) in [5.41, 5.74) is 3.56. The standard InChI is InChI=1S/C19H22N4O2/c1-12-9-21-16(10-20-12)19(25)22-15-5-6-17-14(8-15)4-7-18(24)23(17)11-13-2-3-13/h4,7,9-10,13,15H,2-3,5-6,8,11H2,1H3,(H,22,25)/t15-/m1/s1. The van der Waals surface area contributed by atoms with E-state index in [0.717, 1.165) is 37.2 Å². The Morgan fingerprint density at radius 1 is 1.24 bits per heavy atom. The fourth-order valence-electron chi connectivity index (χ4n) is 3.48. The van der Waals surface area contributed by atoms with Crippen molar-refractivity contribution >= 4 is 5.91 Å². The molecular formula is C19H22N4O2. The van der Waals surface area contributed by atoms with E-state index in [9.17, 15) is 9.59 Å². The Morgan fingerprint density at radius 3 is 2.80 bits per heavy atom. The third-order valence-corrected chi connectivity index (χ3v) is 5.07. The molecule has 0 unspecified atom stereocenters. The van der Waals surface area contributed by atoms with Crippen LogP contribution in [-0.2, 0) is 19.4 Å². The smallest absolute Gasteiger partial charge is 0.271 e. The molecular weight excluding hydrogens is 316 g/mol. The quantitative estimate of drug-likeness (QED) is 0.919. The number of pyridine rings is 1. The molecule has 0 aliphatic heterocycles. The van der Waals surface area contributed by atoms with E-state index in [1.165, 1.54) is 24.6 Å². The van der Waals surface area contributed by atoms with Gasteiger partial charge in [-0.25, -0.2) is 4.98 Å². The van der Waals surface area contributed by atoms with Crippen molar-refractivity contribution in [3.05, 3.63) is 57.5 Å². The molecule has 2 aromatic heterocycles. The van der Waals surface area contributed by atoms with Crippen molar-refractivity contribution in [3.63, 3.8) is 0 Å². The molecule has 2 aliphatic rings. The summed E-state index contributed by atoms with van der Waals surface area (Å²) in [5, 5.41) is 3.05. The minimum atomic E-state index is -0.188. The second kappa shape index (κ2) is 6.43. The second-order valence-corrected chi connectivity index (χ2v) is 7.15. The predicted molar refractivity (Wildman–Crippen MR) is 93.5 cm³/mol. The third-order valence-electron chi connectivity index (χ3n) is 5.07. The predicted octanol–water partition coefficient (Wildman–Crippen LogP) is 1.64. The summed E-state index contributed by atoms with van der Waals surface area (Å²) >= 11 is 0. The van der Waals surface area contributed by atoms with Gasteiger partial charge in [0.25, 0.3) is 11.5 Å². The van der Waals surface area contributed by atoms with Gasteiger partial charge in [-0.1, -0.05) is 6.07 Å². The normalized spacial score (nSPS) is 19.3. The monoisotopic (exact) mass is 338 g/mol. The molecule has 0 aromatic carbocycles. The molecule has 1 atom stereocenters. The number of amides is 1. The maximum atomic E-state index is 12.3. The van der Waals surface area contributed by atoms with Gasteiger partial charge in [-0.15, -0.1) is 0 Å². The van der Waals surface area contributed by atoms with Crippen molar-refractivity contribution in [1.82, 2.24) is 19.9 Å². The van der Waals surface area contributed by atoms with Gasteiger partial charge in [-0.05, 0) is 50.5 Å². The topological polar surface area (TPSA) is 76.9 Å². The maximum Gasteiger partial charge on any atom is 0.271 e. The molecule has 1 N–H and O–H groups in total. The highest BCUT2D eigenvalue weighted by atomic mass is 16.2. The summed E-state index contributed by atoms with van der Waals surface area (Å²) in [4.78, 5) is 32.8. The van der Waals surface area contributed by atoms with Crippen molar-refractivity contribution in [3.8, 4) is 0 Å². The summed E-state index contributed by atoms with van der Waals surface area (Å²) < 4.78 is 1.95. The molecule has 4 rings (SSSR count). The average molecular weight is 338 g/mol. The summed E-state index contributed by atoms with van der Waals surface area (Å²) in [6.07, 6.45) is 7.98. The molecule has 1 amide bonds. The molecule has 6 nitrogen and oxygen atoms in total. The number of aryl methyl sites for hydroxylation is 1. The lowest BCUT2D eigenvalue weighted by Gasteiger charge is -2.27. The average Bonchev–Trinajstić information content (AvgIpc) is 3.42. The fourth-order valence-corrected chi connectivity index (χ4v) is 3.48. The van der Waals surface area contributed by atoms with Gasteiger partial charge in [0.2, 0.25) is 0 Å². The van der Waals surface area contributed by atoms with E-state index in [1.54, 1.807) is 12.3 Å². The molecule has 1 saturated carbocycles. The molecule has 0 radical (unpaired) electrons. The summed E-state index contributed by atoms with van der Waals surface area (Å²) in [6.45, 7) is 2.69. The summed E-state index contributed by atoms with van der Waals surface area (Å²) in [5.74, 6) is 0.481. The molecule has 130 valence electrons. The van der Waals surface area contributed by atoms with Crippen LogP contribution in [-0.4, -0.2) is 26.5 Å². The van der Waals surface area contributed by atoms with Crippen LogP contribution in [0.4, 0.5) is 0 Å². The Kier molecular flexibility index (Phi) is 4.11. The largest absolute Gasteiger partial charge is 0.348 e. The van der Waals surface area contributed by atoms with E-state index < -0.39 is 0 Å². The molecule has 1 fully saturated rings. The van der Waals surface area contributed by atoms with E-state index >= 15 is 0 Å². The Morgan fingerprint density at radius 2 is 2.08 bits per heavy atom. The van der Waals surface area contributed by atoms with Crippen LogP contribution >= 0.6 is 0 Å². The van der Waals surface area contributed by atoms with Crippen LogP contribution in [0.2, 0.25) is 0 Å². The minimum absolute atomic E-state index is 0.0648. The zero-order chi connectivity index (χ0) is 17.4. The number of carbonyl (C=O) groups excluding carboxylic acids is 1. The Bertz CT molecular complexity index is 853. The van der Waals surface area contributed by atoms with Crippen LogP contribution in [0.1, 0.15) is 46.7 Å². The first kappa shape index (κ1) is 16.0. The molecule has 2 aliphatic carbocycles. The molecule has 0 spiro atoms. The number of hydrogen-bond acceptors (Lipinski definition) is 4. The summed E-state index contributed by atoms with van der Waals surface area (Å²) in [6, 6.07) is 3.65. The van der Waals surface area contributed by atoms with Crippen molar-refractivity contribution in [2.24, 2.45) is 5.92 Å². The highest BCUT2D eigenvalue weighted by Gasteiger charge is 2.27. The van der Waals surface area contributed by atoms with Gasteiger partial charge < -0.3 is 9.88 Å². The lowest BCUT2D eigenvalue weighted by molar-refractivity contribution is 0.0928. The van der Waals surface area contributed by atoms with E-state index in [0.29, 0.717) is 11.6 Å². The van der Waals surface area contributed by atoms with Gasteiger partial charge >= 0.3 is 0 Å². The summed E-state index contributed by atoms with van der Waals surface area (Å²) in [7, 11) is 0. The van der Waals surface area contributed by atoms with Gasteiger partial charge in [0.15, 0.2) is 0 Å².